The van der Waals surface area contributed by atoms with E-state index in [0.717, 1.165) is 161 Å². The number of phosphoric acid groups is 2. The molecule has 5 unspecified atom stereocenters. The molecule has 0 aliphatic rings. The second-order valence-corrected chi connectivity index (χ2v) is 30.6. The lowest BCUT2D eigenvalue weighted by molar-refractivity contribution is -0.161. The van der Waals surface area contributed by atoms with Crippen molar-refractivity contribution in [3.05, 3.63) is 97.2 Å². The lowest BCUT2D eigenvalue weighted by Gasteiger charge is -2.21. The van der Waals surface area contributed by atoms with E-state index < -0.39 is 97.5 Å². The topological polar surface area (TPSA) is 237 Å². The van der Waals surface area contributed by atoms with E-state index in [-0.39, 0.29) is 25.7 Å². The number of allylic oxidation sites excluding steroid dienone is 16. The predicted molar refractivity (Wildman–Crippen MR) is 427 cm³/mol. The third-order valence-corrected chi connectivity index (χ3v) is 19.4. The van der Waals surface area contributed by atoms with Gasteiger partial charge in [-0.1, -0.05) is 305 Å². The zero-order chi connectivity index (χ0) is 76.0. The van der Waals surface area contributed by atoms with E-state index in [1.807, 2.05) is 0 Å². The fourth-order valence-electron chi connectivity index (χ4n) is 11.2. The number of carbonyl (C=O) groups excluding carboxylic acids is 4. The highest BCUT2D eigenvalue weighted by atomic mass is 31.2. The van der Waals surface area contributed by atoms with E-state index in [1.54, 1.807) is 0 Å². The summed E-state index contributed by atoms with van der Waals surface area (Å²) in [6.07, 6.45) is 82.3. The van der Waals surface area contributed by atoms with Crippen molar-refractivity contribution < 1.29 is 80.2 Å². The lowest BCUT2D eigenvalue weighted by atomic mass is 10.0. The van der Waals surface area contributed by atoms with Crippen LogP contribution in [0.15, 0.2) is 97.2 Å². The quantitative estimate of drug-likeness (QED) is 0.0169. The summed E-state index contributed by atoms with van der Waals surface area (Å²) >= 11 is 0. The van der Waals surface area contributed by atoms with Gasteiger partial charge in [-0.3, -0.25) is 37.3 Å². The number of ether oxygens (including phenoxy) is 4. The van der Waals surface area contributed by atoms with Gasteiger partial charge in [0.15, 0.2) is 12.2 Å². The van der Waals surface area contributed by atoms with Crippen molar-refractivity contribution in [1.82, 2.24) is 0 Å². The molecular weight excluding hydrogens is 1350 g/mol. The van der Waals surface area contributed by atoms with E-state index in [1.165, 1.54) is 122 Å². The molecule has 0 spiro atoms. The van der Waals surface area contributed by atoms with Gasteiger partial charge in [-0.25, -0.2) is 9.13 Å². The van der Waals surface area contributed by atoms with E-state index in [2.05, 4.69) is 125 Å². The number of carbonyl (C=O) groups is 4. The smallest absolute Gasteiger partial charge is 0.462 e. The van der Waals surface area contributed by atoms with Gasteiger partial charge in [0.05, 0.1) is 26.4 Å². The highest BCUT2D eigenvalue weighted by Gasteiger charge is 2.30. The van der Waals surface area contributed by atoms with Gasteiger partial charge in [0.25, 0.3) is 0 Å². The Balaban J connectivity index is 5.38. The molecule has 5 atom stereocenters. The molecule has 0 bridgehead atoms. The van der Waals surface area contributed by atoms with Crippen LogP contribution in [0.2, 0.25) is 0 Å². The van der Waals surface area contributed by atoms with Crippen LogP contribution in [-0.4, -0.2) is 96.7 Å². The summed E-state index contributed by atoms with van der Waals surface area (Å²) < 4.78 is 68.7. The van der Waals surface area contributed by atoms with Gasteiger partial charge in [-0.2, -0.15) is 0 Å². The molecule has 0 fully saturated rings. The van der Waals surface area contributed by atoms with Crippen LogP contribution in [0, 0.1) is 0 Å². The number of esters is 4. The average molecular weight is 1510 g/mol. The molecule has 0 amide bonds. The molecule has 3 N–H and O–H groups in total. The summed E-state index contributed by atoms with van der Waals surface area (Å²) in [7, 11) is -9.97. The van der Waals surface area contributed by atoms with Crippen LogP contribution in [0.4, 0.5) is 0 Å². The van der Waals surface area contributed by atoms with Crippen molar-refractivity contribution in [1.29, 1.82) is 0 Å². The Morgan fingerprint density at radius 1 is 0.279 bits per heavy atom. The van der Waals surface area contributed by atoms with Crippen LogP contribution in [-0.2, 0) is 65.4 Å². The summed E-state index contributed by atoms with van der Waals surface area (Å²) in [6, 6.07) is 0. The Bertz CT molecular complexity index is 2350. The molecule has 0 saturated heterocycles. The number of phosphoric ester groups is 2. The first-order valence-corrected chi connectivity index (χ1v) is 44.5. The maximum absolute atomic E-state index is 13.1. The molecule has 602 valence electrons. The molecule has 0 aromatic heterocycles. The zero-order valence-electron chi connectivity index (χ0n) is 65.9. The van der Waals surface area contributed by atoms with Crippen molar-refractivity contribution in [2.75, 3.05) is 39.6 Å². The summed E-state index contributed by atoms with van der Waals surface area (Å²) in [5, 5.41) is 10.7. The van der Waals surface area contributed by atoms with Gasteiger partial charge >= 0.3 is 39.5 Å². The fraction of sp³-hybridized carbons (Fsp3) is 0.765. The largest absolute Gasteiger partial charge is 0.472 e. The van der Waals surface area contributed by atoms with Crippen LogP contribution < -0.4 is 0 Å². The molecule has 104 heavy (non-hydrogen) atoms. The first-order valence-electron chi connectivity index (χ1n) is 41.5. The molecule has 19 heteroatoms. The lowest BCUT2D eigenvalue weighted by Crippen LogP contribution is -2.30. The Kier molecular flexibility index (Phi) is 74.2. The fourth-order valence-corrected chi connectivity index (χ4v) is 12.8. The number of aliphatic hydroxyl groups excluding tert-OH is 1. The van der Waals surface area contributed by atoms with Crippen LogP contribution in [0.5, 0.6) is 0 Å². The Hall–Kier alpha value is -4.02. The second kappa shape index (κ2) is 77.1. The maximum atomic E-state index is 13.1. The van der Waals surface area contributed by atoms with Gasteiger partial charge in [-0.15, -0.1) is 0 Å². The standard InChI is InChI=1S/C85H150O17P2/c1-5-9-13-17-21-25-29-33-37-38-39-40-44-46-50-54-58-62-66-70-83(88)96-76-81(102-85(90)72-68-64-60-56-52-48-43-36-32-28-24-20-16-12-8-4)78-100-104(93,94)98-74-79(86)73-97-103(91,92)99-77-80(101-84(89)71-67-63-59-55-51-47-42-35-31-27-23-19-15-11-7-3)75-95-82(87)69-65-61-57-53-49-45-41-34-30-26-22-18-14-10-6-2/h10,14,21-22,25-26,33-34,36-37,39-41,43,49,53,79-81,86H,5-9,11-13,15-20,23-24,27-32,35,38,42,44-48,50-52,54-78H2,1-4H3,(H,91,92)(H,93,94)/b14-10-,25-21-,26-22-,37-33-,40-39-,41-34-,43-36-,53-49-. The van der Waals surface area contributed by atoms with Crippen LogP contribution in [0.1, 0.15) is 362 Å². The predicted octanol–water partition coefficient (Wildman–Crippen LogP) is 24.3. The van der Waals surface area contributed by atoms with Crippen LogP contribution in [0.3, 0.4) is 0 Å². The maximum Gasteiger partial charge on any atom is 0.472 e. The summed E-state index contributed by atoms with van der Waals surface area (Å²) in [6.45, 7) is 4.72. The van der Waals surface area contributed by atoms with Crippen molar-refractivity contribution in [2.45, 2.75) is 380 Å². The van der Waals surface area contributed by atoms with Gasteiger partial charge in [0.1, 0.15) is 19.3 Å². The molecule has 0 saturated carbocycles. The molecule has 0 heterocycles. The number of aliphatic hydroxyl groups is 1. The van der Waals surface area contributed by atoms with E-state index in [4.69, 9.17) is 37.0 Å². The molecule has 0 radical (unpaired) electrons. The van der Waals surface area contributed by atoms with Crippen molar-refractivity contribution in [3.8, 4) is 0 Å². The third kappa shape index (κ3) is 76.2. The minimum absolute atomic E-state index is 0.0823. The first kappa shape index (κ1) is 100.0. The molecule has 0 aromatic carbocycles. The number of hydrogen-bond donors (Lipinski definition) is 3. The minimum Gasteiger partial charge on any atom is -0.462 e. The normalized spacial score (nSPS) is 14.3. The Morgan fingerprint density at radius 3 is 0.817 bits per heavy atom. The monoisotopic (exact) mass is 1510 g/mol. The van der Waals surface area contributed by atoms with Crippen molar-refractivity contribution >= 4 is 39.5 Å². The van der Waals surface area contributed by atoms with Gasteiger partial charge < -0.3 is 33.8 Å². The van der Waals surface area contributed by atoms with E-state index >= 15 is 0 Å². The van der Waals surface area contributed by atoms with Gasteiger partial charge in [0.2, 0.25) is 0 Å². The molecule has 0 aliphatic heterocycles. The van der Waals surface area contributed by atoms with Gasteiger partial charge in [-0.05, 0) is 128 Å². The zero-order valence-corrected chi connectivity index (χ0v) is 67.7. The Morgan fingerprint density at radius 2 is 0.500 bits per heavy atom. The summed E-state index contributed by atoms with van der Waals surface area (Å²) in [5.74, 6) is -2.22. The minimum atomic E-state index is -4.98. The van der Waals surface area contributed by atoms with Crippen LogP contribution in [0.25, 0.3) is 0 Å². The summed E-state index contributed by atoms with van der Waals surface area (Å²) in [4.78, 5) is 73.1. The highest BCUT2D eigenvalue weighted by molar-refractivity contribution is 7.47. The second-order valence-electron chi connectivity index (χ2n) is 27.7. The summed E-state index contributed by atoms with van der Waals surface area (Å²) in [5.41, 5.74) is 0. The average Bonchev–Trinajstić information content (AvgIpc) is 0.912. The highest BCUT2D eigenvalue weighted by Crippen LogP contribution is 2.45. The molecule has 0 aromatic rings. The van der Waals surface area contributed by atoms with Crippen molar-refractivity contribution in [3.63, 3.8) is 0 Å². The molecule has 0 rings (SSSR count). The Labute approximate surface area is 633 Å². The van der Waals surface area contributed by atoms with Crippen molar-refractivity contribution in [2.24, 2.45) is 0 Å². The molecule has 0 aliphatic carbocycles. The van der Waals surface area contributed by atoms with Gasteiger partial charge in [0, 0.05) is 25.7 Å². The number of hydrogen-bond acceptors (Lipinski definition) is 15. The third-order valence-electron chi connectivity index (χ3n) is 17.5. The first-order chi connectivity index (χ1) is 50.7. The van der Waals surface area contributed by atoms with E-state index in [0.29, 0.717) is 25.7 Å². The molecule has 17 nitrogen and oxygen atoms in total. The SMILES string of the molecule is CC/C=C\C/C=C\C/C=C\C/C=C\CCCCC(=O)OCC(COP(=O)(O)OCC(O)COP(=O)(O)OCC(COC(=O)CCCCCCCC/C=C\C/C=C\C/C=C\CCCCC)OC(=O)CCCCCCC/C=C\CCCCCCCC)OC(=O)CCCCCCCCCCCCCCCCC. The molecular formula is C85H150O17P2. The van der Waals surface area contributed by atoms with Crippen LogP contribution >= 0.6 is 15.6 Å². The number of unbranched alkanes of at least 4 members (excludes halogenated alkanes) is 36. The van der Waals surface area contributed by atoms with E-state index in [9.17, 15) is 43.2 Å². The number of rotatable bonds is 78.